The van der Waals surface area contributed by atoms with Crippen LogP contribution in [-0.2, 0) is 13.2 Å². The molecule has 0 saturated carbocycles. The van der Waals surface area contributed by atoms with E-state index in [-0.39, 0.29) is 0 Å². The Bertz CT molecular complexity index is 467. The zero-order valence-electron chi connectivity index (χ0n) is 9.51. The van der Waals surface area contributed by atoms with Gasteiger partial charge in [-0.2, -0.15) is 5.10 Å². The third-order valence-corrected chi connectivity index (χ3v) is 2.20. The molecular weight excluding hydrogens is 220 g/mol. The number of rotatable bonds is 5. The number of ether oxygens (including phenoxy) is 2. The van der Waals surface area contributed by atoms with Crippen LogP contribution in [0.1, 0.15) is 11.6 Å². The fraction of sp³-hybridized carbons (Fsp3) is 0.273. The largest absolute Gasteiger partial charge is 0.497 e. The van der Waals surface area contributed by atoms with Crippen molar-refractivity contribution in [2.75, 3.05) is 7.11 Å². The number of methoxy groups -OCH3 is 1. The highest BCUT2D eigenvalue weighted by molar-refractivity contribution is 5.31. The molecule has 17 heavy (non-hydrogen) atoms. The summed E-state index contributed by atoms with van der Waals surface area (Å²) in [6.45, 7) is 0.651. The van der Waals surface area contributed by atoms with Crippen molar-refractivity contribution in [2.45, 2.75) is 13.2 Å². The normalized spacial score (nSPS) is 10.2. The van der Waals surface area contributed by atoms with E-state index >= 15 is 0 Å². The molecule has 2 aromatic rings. The monoisotopic (exact) mass is 234 g/mol. The van der Waals surface area contributed by atoms with E-state index in [1.54, 1.807) is 7.11 Å². The van der Waals surface area contributed by atoms with Crippen LogP contribution in [0.5, 0.6) is 11.5 Å². The third-order valence-electron chi connectivity index (χ3n) is 2.20. The summed E-state index contributed by atoms with van der Waals surface area (Å²) in [5.74, 6) is 2.78. The van der Waals surface area contributed by atoms with Gasteiger partial charge in [-0.1, -0.05) is 0 Å². The molecule has 0 fully saturated rings. The van der Waals surface area contributed by atoms with Gasteiger partial charge < -0.3 is 15.2 Å². The molecule has 0 amide bonds. The van der Waals surface area contributed by atoms with Gasteiger partial charge in [0.1, 0.15) is 18.1 Å². The number of nitrogens with two attached hydrogens (primary N) is 1. The van der Waals surface area contributed by atoms with Crippen LogP contribution in [-0.4, -0.2) is 22.3 Å². The number of hydrogen-bond donors (Lipinski definition) is 2. The second-order valence-electron chi connectivity index (χ2n) is 3.37. The van der Waals surface area contributed by atoms with E-state index in [2.05, 4.69) is 15.2 Å². The Morgan fingerprint density at radius 1 is 1.24 bits per heavy atom. The molecule has 0 bridgehead atoms. The summed E-state index contributed by atoms with van der Waals surface area (Å²) < 4.78 is 10.6. The van der Waals surface area contributed by atoms with Gasteiger partial charge in [0.05, 0.1) is 13.7 Å². The average molecular weight is 234 g/mol. The maximum Gasteiger partial charge on any atom is 0.164 e. The summed E-state index contributed by atoms with van der Waals surface area (Å²) in [6, 6.07) is 7.33. The smallest absolute Gasteiger partial charge is 0.164 e. The first-order valence-corrected chi connectivity index (χ1v) is 5.19. The van der Waals surface area contributed by atoms with Gasteiger partial charge >= 0.3 is 0 Å². The predicted octanol–water partition coefficient (Wildman–Crippen LogP) is 0.851. The van der Waals surface area contributed by atoms with Gasteiger partial charge in [0.15, 0.2) is 11.6 Å². The molecule has 0 aliphatic rings. The Kier molecular flexibility index (Phi) is 3.56. The lowest BCUT2D eigenvalue weighted by molar-refractivity contribution is 0.295. The molecule has 1 aromatic heterocycles. The first kappa shape index (κ1) is 11.4. The Labute approximate surface area is 98.8 Å². The summed E-state index contributed by atoms with van der Waals surface area (Å²) in [7, 11) is 1.62. The van der Waals surface area contributed by atoms with Crippen LogP contribution in [0.25, 0.3) is 0 Å². The van der Waals surface area contributed by atoms with E-state index in [1.165, 1.54) is 0 Å². The number of nitrogens with zero attached hydrogens (tertiary/aromatic N) is 2. The molecule has 90 valence electrons. The number of benzene rings is 1. The number of aromatic amines is 1. The molecule has 1 heterocycles. The number of H-pyrrole nitrogens is 1. The third kappa shape index (κ3) is 2.94. The minimum Gasteiger partial charge on any atom is -0.497 e. The highest BCUT2D eigenvalue weighted by Crippen LogP contribution is 2.17. The fourth-order valence-electron chi connectivity index (χ4n) is 1.31. The minimum atomic E-state index is 0.318. The number of hydrogen-bond acceptors (Lipinski definition) is 5. The quantitative estimate of drug-likeness (QED) is 0.801. The molecule has 6 nitrogen and oxygen atoms in total. The van der Waals surface area contributed by atoms with Crippen molar-refractivity contribution < 1.29 is 9.47 Å². The molecule has 1 aromatic carbocycles. The Morgan fingerprint density at radius 2 is 1.94 bits per heavy atom. The van der Waals surface area contributed by atoms with Gasteiger partial charge in [0.25, 0.3) is 0 Å². The fourth-order valence-corrected chi connectivity index (χ4v) is 1.31. The maximum atomic E-state index is 5.52. The van der Waals surface area contributed by atoms with Gasteiger partial charge in [-0.25, -0.2) is 4.98 Å². The first-order valence-electron chi connectivity index (χ1n) is 5.19. The molecule has 0 unspecified atom stereocenters. The van der Waals surface area contributed by atoms with Gasteiger partial charge in [-0.3, -0.25) is 5.10 Å². The Balaban J connectivity index is 1.92. The van der Waals surface area contributed by atoms with Crippen molar-refractivity contribution in [1.82, 2.24) is 15.2 Å². The summed E-state index contributed by atoms with van der Waals surface area (Å²) in [4.78, 5) is 4.14. The summed E-state index contributed by atoms with van der Waals surface area (Å²) >= 11 is 0. The molecule has 0 aliphatic carbocycles. The van der Waals surface area contributed by atoms with Gasteiger partial charge in [0, 0.05) is 0 Å². The van der Waals surface area contributed by atoms with Crippen molar-refractivity contribution in [3.8, 4) is 11.5 Å². The zero-order valence-corrected chi connectivity index (χ0v) is 9.51. The van der Waals surface area contributed by atoms with Crippen LogP contribution < -0.4 is 15.2 Å². The van der Waals surface area contributed by atoms with E-state index in [9.17, 15) is 0 Å². The van der Waals surface area contributed by atoms with E-state index < -0.39 is 0 Å². The van der Waals surface area contributed by atoms with E-state index in [0.29, 0.717) is 24.8 Å². The topological polar surface area (TPSA) is 86.1 Å². The van der Waals surface area contributed by atoms with Crippen LogP contribution in [0.3, 0.4) is 0 Å². The Hall–Kier alpha value is -2.08. The lowest BCUT2D eigenvalue weighted by atomic mass is 10.3. The van der Waals surface area contributed by atoms with Crippen molar-refractivity contribution in [1.29, 1.82) is 0 Å². The second kappa shape index (κ2) is 5.31. The van der Waals surface area contributed by atoms with Crippen molar-refractivity contribution >= 4 is 0 Å². The van der Waals surface area contributed by atoms with Crippen LogP contribution in [0, 0.1) is 0 Å². The SMILES string of the molecule is COc1ccc(OCc2nc(CN)n[nH]2)cc1. The Morgan fingerprint density at radius 3 is 2.53 bits per heavy atom. The second-order valence-corrected chi connectivity index (χ2v) is 3.37. The van der Waals surface area contributed by atoms with Crippen molar-refractivity contribution in [3.05, 3.63) is 35.9 Å². The summed E-state index contributed by atoms with van der Waals surface area (Å²) in [5.41, 5.74) is 5.40. The highest BCUT2D eigenvalue weighted by Gasteiger charge is 2.02. The van der Waals surface area contributed by atoms with E-state index in [0.717, 1.165) is 11.5 Å². The molecule has 6 heteroatoms. The lowest BCUT2D eigenvalue weighted by Crippen LogP contribution is -2.00. The maximum absolute atomic E-state index is 5.52. The standard InChI is InChI=1S/C11H14N4O2/c1-16-8-2-4-9(5-3-8)17-7-11-13-10(6-12)14-15-11/h2-5H,6-7,12H2,1H3,(H,13,14,15). The minimum absolute atomic E-state index is 0.318. The molecule has 0 spiro atoms. The molecule has 0 saturated heterocycles. The molecular formula is C11H14N4O2. The molecule has 0 radical (unpaired) electrons. The number of aromatic nitrogens is 3. The summed E-state index contributed by atoms with van der Waals surface area (Å²) in [6.07, 6.45) is 0. The first-order chi connectivity index (χ1) is 8.31. The van der Waals surface area contributed by atoms with Crippen LogP contribution in [0.2, 0.25) is 0 Å². The molecule has 3 N–H and O–H groups in total. The molecule has 2 rings (SSSR count). The van der Waals surface area contributed by atoms with E-state index in [1.807, 2.05) is 24.3 Å². The van der Waals surface area contributed by atoms with Gasteiger partial charge in [0.2, 0.25) is 0 Å². The number of nitrogens with one attached hydrogen (secondary N) is 1. The van der Waals surface area contributed by atoms with E-state index in [4.69, 9.17) is 15.2 Å². The van der Waals surface area contributed by atoms with Crippen molar-refractivity contribution in [3.63, 3.8) is 0 Å². The highest BCUT2D eigenvalue weighted by atomic mass is 16.5. The molecule has 0 aliphatic heterocycles. The predicted molar refractivity (Wildman–Crippen MR) is 61.6 cm³/mol. The van der Waals surface area contributed by atoms with Crippen LogP contribution in [0.15, 0.2) is 24.3 Å². The van der Waals surface area contributed by atoms with Gasteiger partial charge in [-0.15, -0.1) is 0 Å². The molecule has 0 atom stereocenters. The lowest BCUT2D eigenvalue weighted by Gasteiger charge is -2.04. The van der Waals surface area contributed by atoms with Crippen LogP contribution >= 0.6 is 0 Å². The van der Waals surface area contributed by atoms with Crippen molar-refractivity contribution in [2.24, 2.45) is 5.73 Å². The van der Waals surface area contributed by atoms with Gasteiger partial charge in [-0.05, 0) is 24.3 Å². The summed E-state index contributed by atoms with van der Waals surface area (Å²) in [5, 5.41) is 6.67. The zero-order chi connectivity index (χ0) is 12.1. The van der Waals surface area contributed by atoms with Crippen LogP contribution in [0.4, 0.5) is 0 Å². The average Bonchev–Trinajstić information content (AvgIpc) is 2.85.